The summed E-state index contributed by atoms with van der Waals surface area (Å²) in [7, 11) is 0. The number of hydrogen-bond donors (Lipinski definition) is 2. The van der Waals surface area contributed by atoms with E-state index in [1.807, 2.05) is 24.3 Å². The second-order valence-electron chi connectivity index (χ2n) is 7.32. The highest BCUT2D eigenvalue weighted by molar-refractivity contribution is 7.99. The third-order valence-corrected chi connectivity index (χ3v) is 6.28. The summed E-state index contributed by atoms with van der Waals surface area (Å²) in [6.07, 6.45) is 5.18. The molecule has 1 aliphatic rings. The van der Waals surface area contributed by atoms with Crippen molar-refractivity contribution in [3.05, 3.63) is 36.9 Å². The molecule has 1 aliphatic heterocycles. The standard InChI is InChI=1S/C22H24N6O3S/c1-2-24-7-3-4-8-28-21-19(20(23)25-12-26-21)27-22(28)32-18-11-17-16(30-13-31-17)10-14(18)15-6-5-9-29-15/h5-6,9-12,24H,2-4,7-8,13H2,1H3,(H2,23,25,26). The maximum atomic E-state index is 6.11. The number of aromatic nitrogens is 4. The Bertz CT molecular complexity index is 1220. The van der Waals surface area contributed by atoms with Gasteiger partial charge in [0.25, 0.3) is 0 Å². The van der Waals surface area contributed by atoms with E-state index in [0.29, 0.717) is 22.8 Å². The first kappa shape index (κ1) is 20.7. The molecule has 0 aliphatic carbocycles. The molecule has 0 spiro atoms. The molecule has 10 heteroatoms. The number of nitrogens with one attached hydrogen (secondary N) is 1. The highest BCUT2D eigenvalue weighted by atomic mass is 32.2. The van der Waals surface area contributed by atoms with Gasteiger partial charge in [0.15, 0.2) is 33.6 Å². The van der Waals surface area contributed by atoms with Crippen molar-refractivity contribution in [2.45, 2.75) is 36.4 Å². The smallest absolute Gasteiger partial charge is 0.231 e. The number of ether oxygens (including phenoxy) is 2. The summed E-state index contributed by atoms with van der Waals surface area (Å²) in [6, 6.07) is 7.70. The molecule has 0 unspecified atom stereocenters. The molecule has 0 atom stereocenters. The first-order valence-electron chi connectivity index (χ1n) is 10.6. The van der Waals surface area contributed by atoms with Gasteiger partial charge >= 0.3 is 0 Å². The zero-order valence-electron chi connectivity index (χ0n) is 17.7. The first-order valence-corrected chi connectivity index (χ1v) is 11.4. The quantitative estimate of drug-likeness (QED) is 0.365. The number of benzene rings is 1. The lowest BCUT2D eigenvalue weighted by atomic mass is 10.1. The Kier molecular flexibility index (Phi) is 5.87. The van der Waals surface area contributed by atoms with Gasteiger partial charge in [-0.3, -0.25) is 0 Å². The largest absolute Gasteiger partial charge is 0.464 e. The SMILES string of the molecule is CCNCCCCn1c(Sc2cc3c(cc2-c2ccco2)OCO3)nc2c(N)ncnc21. The number of fused-ring (bicyclic) bond motifs is 2. The van der Waals surface area contributed by atoms with Crippen LogP contribution < -0.4 is 20.5 Å². The Labute approximate surface area is 189 Å². The van der Waals surface area contributed by atoms with Crippen LogP contribution >= 0.6 is 11.8 Å². The minimum absolute atomic E-state index is 0.206. The first-order chi connectivity index (χ1) is 15.7. The van der Waals surface area contributed by atoms with Crippen LogP contribution in [0.15, 0.2) is 51.3 Å². The Morgan fingerprint density at radius 3 is 2.88 bits per heavy atom. The van der Waals surface area contributed by atoms with Gasteiger partial charge < -0.3 is 29.5 Å². The van der Waals surface area contributed by atoms with Crippen molar-refractivity contribution in [2.75, 3.05) is 25.6 Å². The Morgan fingerprint density at radius 1 is 1.19 bits per heavy atom. The predicted molar refractivity (Wildman–Crippen MR) is 122 cm³/mol. The van der Waals surface area contributed by atoms with Gasteiger partial charge in [0.2, 0.25) is 6.79 Å². The number of nitrogens with zero attached hydrogens (tertiary/aromatic N) is 4. The second kappa shape index (κ2) is 9.09. The molecule has 0 saturated carbocycles. The molecule has 4 heterocycles. The van der Waals surface area contributed by atoms with Crippen molar-refractivity contribution in [3.8, 4) is 22.8 Å². The third-order valence-electron chi connectivity index (χ3n) is 5.22. The minimum Gasteiger partial charge on any atom is -0.464 e. The summed E-state index contributed by atoms with van der Waals surface area (Å²) in [5.41, 5.74) is 8.37. The molecule has 0 saturated heterocycles. The van der Waals surface area contributed by atoms with Crippen LogP contribution in [0, 0.1) is 0 Å². The van der Waals surface area contributed by atoms with Crippen LogP contribution in [-0.2, 0) is 6.54 Å². The van der Waals surface area contributed by atoms with E-state index in [1.165, 1.54) is 18.1 Å². The van der Waals surface area contributed by atoms with Crippen LogP contribution in [-0.4, -0.2) is 39.4 Å². The topological polar surface area (TPSA) is 113 Å². The van der Waals surface area contributed by atoms with Gasteiger partial charge in [-0.1, -0.05) is 18.7 Å². The van der Waals surface area contributed by atoms with E-state index in [-0.39, 0.29) is 6.79 Å². The number of imidazole rings is 1. The lowest BCUT2D eigenvalue weighted by Gasteiger charge is -2.11. The molecule has 166 valence electrons. The van der Waals surface area contributed by atoms with Gasteiger partial charge in [0.1, 0.15) is 12.1 Å². The van der Waals surface area contributed by atoms with Gasteiger partial charge in [-0.05, 0) is 50.2 Å². The Hall–Kier alpha value is -3.24. The summed E-state index contributed by atoms with van der Waals surface area (Å²) in [4.78, 5) is 14.3. The molecule has 4 aromatic rings. The number of unbranched alkanes of at least 4 members (excludes halogenated alkanes) is 1. The third kappa shape index (κ3) is 3.98. The van der Waals surface area contributed by atoms with E-state index in [1.54, 1.807) is 6.26 Å². The number of aryl methyl sites for hydroxylation is 1. The average Bonchev–Trinajstić information content (AvgIpc) is 3.54. The molecule has 0 amide bonds. The highest BCUT2D eigenvalue weighted by Gasteiger charge is 2.23. The van der Waals surface area contributed by atoms with E-state index in [4.69, 9.17) is 24.6 Å². The van der Waals surface area contributed by atoms with Gasteiger partial charge in [0, 0.05) is 17.0 Å². The van der Waals surface area contributed by atoms with Crippen molar-refractivity contribution in [1.29, 1.82) is 0 Å². The summed E-state index contributed by atoms with van der Waals surface area (Å²) in [6.45, 7) is 5.05. The minimum atomic E-state index is 0.206. The van der Waals surface area contributed by atoms with Gasteiger partial charge in [-0.2, -0.15) is 0 Å². The van der Waals surface area contributed by atoms with Gasteiger partial charge in [-0.15, -0.1) is 0 Å². The van der Waals surface area contributed by atoms with Gasteiger partial charge in [-0.25, -0.2) is 15.0 Å². The van der Waals surface area contributed by atoms with Crippen molar-refractivity contribution in [1.82, 2.24) is 24.8 Å². The fraction of sp³-hybridized carbons (Fsp3) is 0.318. The Balaban J connectivity index is 1.53. The molecule has 5 rings (SSSR count). The number of hydrogen-bond acceptors (Lipinski definition) is 9. The van der Waals surface area contributed by atoms with Crippen LogP contribution in [0.4, 0.5) is 5.82 Å². The molecule has 0 bridgehead atoms. The normalized spacial score (nSPS) is 12.7. The molecule has 3 N–H and O–H groups in total. The molecule has 3 aromatic heterocycles. The van der Waals surface area contributed by atoms with Crippen molar-refractivity contribution in [2.24, 2.45) is 0 Å². The zero-order chi connectivity index (χ0) is 21.9. The molecule has 9 nitrogen and oxygen atoms in total. The van der Waals surface area contributed by atoms with E-state index >= 15 is 0 Å². The maximum absolute atomic E-state index is 6.11. The predicted octanol–water partition coefficient (Wildman–Crippen LogP) is 3.94. The number of rotatable bonds is 9. The maximum Gasteiger partial charge on any atom is 0.231 e. The number of anilines is 1. The van der Waals surface area contributed by atoms with Crippen LogP contribution in [0.3, 0.4) is 0 Å². The molecular formula is C22H24N6O3S. The fourth-order valence-electron chi connectivity index (χ4n) is 3.64. The van der Waals surface area contributed by atoms with Crippen molar-refractivity contribution >= 4 is 28.7 Å². The Morgan fingerprint density at radius 2 is 2.06 bits per heavy atom. The van der Waals surface area contributed by atoms with Crippen molar-refractivity contribution < 1.29 is 13.9 Å². The van der Waals surface area contributed by atoms with Crippen molar-refractivity contribution in [3.63, 3.8) is 0 Å². The monoisotopic (exact) mass is 452 g/mol. The molecule has 1 aromatic carbocycles. The summed E-state index contributed by atoms with van der Waals surface area (Å²) < 4.78 is 19.0. The zero-order valence-corrected chi connectivity index (χ0v) is 18.5. The van der Waals surface area contributed by atoms with Crippen LogP contribution in [0.1, 0.15) is 19.8 Å². The molecule has 0 fully saturated rings. The highest BCUT2D eigenvalue weighted by Crippen LogP contribution is 2.45. The molecule has 32 heavy (non-hydrogen) atoms. The number of nitrogen functional groups attached to an aromatic ring is 1. The average molecular weight is 453 g/mol. The van der Waals surface area contributed by atoms with E-state index < -0.39 is 0 Å². The lowest BCUT2D eigenvalue weighted by molar-refractivity contribution is 0.174. The number of furan rings is 1. The van der Waals surface area contributed by atoms with Crippen LogP contribution in [0.5, 0.6) is 11.5 Å². The molecular weight excluding hydrogens is 428 g/mol. The summed E-state index contributed by atoms with van der Waals surface area (Å²) >= 11 is 1.53. The van der Waals surface area contributed by atoms with Gasteiger partial charge in [0.05, 0.1) is 6.26 Å². The van der Waals surface area contributed by atoms with Crippen LogP contribution in [0.25, 0.3) is 22.5 Å². The summed E-state index contributed by atoms with van der Waals surface area (Å²) in [5, 5.41) is 4.16. The van der Waals surface area contributed by atoms with Crippen LogP contribution in [0.2, 0.25) is 0 Å². The second-order valence-corrected chi connectivity index (χ2v) is 8.33. The number of nitrogens with two attached hydrogens (primary N) is 1. The van der Waals surface area contributed by atoms with E-state index in [0.717, 1.165) is 59.5 Å². The van der Waals surface area contributed by atoms with E-state index in [9.17, 15) is 0 Å². The van der Waals surface area contributed by atoms with E-state index in [2.05, 4.69) is 26.8 Å². The lowest BCUT2D eigenvalue weighted by Crippen LogP contribution is -2.14. The fourth-order valence-corrected chi connectivity index (χ4v) is 4.70. The molecule has 0 radical (unpaired) electrons. The summed E-state index contributed by atoms with van der Waals surface area (Å²) in [5.74, 6) is 2.53.